The van der Waals surface area contributed by atoms with E-state index in [2.05, 4.69) is 5.32 Å². The maximum atomic E-state index is 13.8. The van der Waals surface area contributed by atoms with Gasteiger partial charge in [0.1, 0.15) is 24.1 Å². The molecule has 0 fully saturated rings. The van der Waals surface area contributed by atoms with Crippen LogP contribution in [-0.2, 0) is 26.2 Å². The molecule has 0 heterocycles. The fourth-order valence-electron chi connectivity index (χ4n) is 3.90. The first-order valence-electron chi connectivity index (χ1n) is 12.2. The molecule has 0 aliphatic rings. The van der Waals surface area contributed by atoms with Gasteiger partial charge in [-0.25, -0.2) is 8.42 Å². The molecule has 2 aromatic rings. The van der Waals surface area contributed by atoms with E-state index >= 15 is 0 Å². The monoisotopic (exact) mass is 533 g/mol. The van der Waals surface area contributed by atoms with Crippen molar-refractivity contribution < 1.29 is 27.5 Å². The third-order valence-electron chi connectivity index (χ3n) is 6.01. The van der Waals surface area contributed by atoms with Gasteiger partial charge in [-0.1, -0.05) is 45.0 Å². The molecule has 0 aromatic heterocycles. The molecule has 1 atom stereocenters. The Balaban J connectivity index is 2.50. The third-order valence-corrected chi connectivity index (χ3v) is 7.13. The lowest BCUT2D eigenvalue weighted by Gasteiger charge is -2.33. The van der Waals surface area contributed by atoms with Crippen LogP contribution in [0.3, 0.4) is 0 Å². The van der Waals surface area contributed by atoms with Crippen LogP contribution in [0.4, 0.5) is 5.69 Å². The Hall–Kier alpha value is -3.27. The Labute approximate surface area is 220 Å². The number of amides is 2. The summed E-state index contributed by atoms with van der Waals surface area (Å²) in [5.41, 5.74) is 2.04. The average Bonchev–Trinajstić information content (AvgIpc) is 2.85. The van der Waals surface area contributed by atoms with E-state index in [0.717, 1.165) is 21.7 Å². The Kier molecular flexibility index (Phi) is 10.8. The highest BCUT2D eigenvalue weighted by atomic mass is 32.2. The van der Waals surface area contributed by atoms with Gasteiger partial charge in [-0.15, -0.1) is 0 Å². The number of carbonyl (C=O) groups excluding carboxylic acids is 2. The van der Waals surface area contributed by atoms with E-state index in [0.29, 0.717) is 18.7 Å². The highest BCUT2D eigenvalue weighted by Crippen LogP contribution is 2.33. The third kappa shape index (κ3) is 8.11. The molecule has 2 rings (SSSR count). The number of ether oxygens (including phenoxy) is 2. The van der Waals surface area contributed by atoms with Gasteiger partial charge in [0, 0.05) is 19.2 Å². The van der Waals surface area contributed by atoms with Crippen molar-refractivity contribution in [3.63, 3.8) is 0 Å². The van der Waals surface area contributed by atoms with Gasteiger partial charge in [0.25, 0.3) is 0 Å². The van der Waals surface area contributed by atoms with E-state index in [1.165, 1.54) is 25.2 Å². The van der Waals surface area contributed by atoms with Crippen LogP contribution in [-0.4, -0.2) is 64.7 Å². The summed E-state index contributed by atoms with van der Waals surface area (Å²) < 4.78 is 37.3. The SMILES string of the molecule is CCC(C(=O)NCC(C)C)N(Cc1ccccc1C)C(=O)CN(c1ccc(OC)cc1OC)S(C)(=O)=O. The van der Waals surface area contributed by atoms with Crippen LogP contribution in [0.1, 0.15) is 38.3 Å². The smallest absolute Gasteiger partial charge is 0.244 e. The number of methoxy groups -OCH3 is 2. The van der Waals surface area contributed by atoms with Crippen LogP contribution >= 0.6 is 0 Å². The maximum Gasteiger partial charge on any atom is 0.244 e. The minimum atomic E-state index is -3.89. The number of nitrogens with one attached hydrogen (secondary N) is 1. The molecular formula is C27H39N3O6S. The minimum Gasteiger partial charge on any atom is -0.497 e. The number of hydrogen-bond donors (Lipinski definition) is 1. The number of nitrogens with zero attached hydrogens (tertiary/aromatic N) is 2. The van der Waals surface area contributed by atoms with E-state index in [-0.39, 0.29) is 29.8 Å². The number of sulfonamides is 1. The summed E-state index contributed by atoms with van der Waals surface area (Å²) in [6.45, 7) is 7.88. The second kappa shape index (κ2) is 13.3. The number of hydrogen-bond acceptors (Lipinski definition) is 6. The zero-order valence-corrected chi connectivity index (χ0v) is 23.6. The van der Waals surface area contributed by atoms with Crippen molar-refractivity contribution in [2.75, 3.05) is 37.9 Å². The topological polar surface area (TPSA) is 105 Å². The highest BCUT2D eigenvalue weighted by Gasteiger charge is 2.32. The van der Waals surface area contributed by atoms with Gasteiger partial charge in [-0.2, -0.15) is 0 Å². The van der Waals surface area contributed by atoms with E-state index in [4.69, 9.17) is 9.47 Å². The minimum absolute atomic E-state index is 0.163. The van der Waals surface area contributed by atoms with Crippen molar-refractivity contribution in [2.45, 2.75) is 46.7 Å². The molecule has 1 N–H and O–H groups in total. The molecule has 1 unspecified atom stereocenters. The summed E-state index contributed by atoms with van der Waals surface area (Å²) in [7, 11) is -0.984. The second-order valence-corrected chi connectivity index (χ2v) is 11.2. The van der Waals surface area contributed by atoms with Crippen molar-refractivity contribution in [2.24, 2.45) is 5.92 Å². The van der Waals surface area contributed by atoms with E-state index < -0.39 is 28.5 Å². The average molecular weight is 534 g/mol. The fraction of sp³-hybridized carbons (Fsp3) is 0.481. The van der Waals surface area contributed by atoms with Crippen LogP contribution in [0.15, 0.2) is 42.5 Å². The number of benzene rings is 2. The van der Waals surface area contributed by atoms with Gasteiger partial charge in [0.2, 0.25) is 21.8 Å². The Morgan fingerprint density at radius 2 is 1.73 bits per heavy atom. The molecule has 0 aliphatic heterocycles. The van der Waals surface area contributed by atoms with Crippen molar-refractivity contribution in [1.29, 1.82) is 0 Å². The standard InChI is InChI=1S/C27H39N3O6S/c1-8-23(27(32)28-16-19(2)3)29(17-21-12-10-9-11-20(21)4)26(31)18-30(37(7,33)34)24-14-13-22(35-5)15-25(24)36-6/h9-15,19,23H,8,16-18H2,1-7H3,(H,28,32). The molecule has 2 aromatic carbocycles. The largest absolute Gasteiger partial charge is 0.497 e. The molecule has 10 heteroatoms. The lowest BCUT2D eigenvalue weighted by Crippen LogP contribution is -2.52. The van der Waals surface area contributed by atoms with Crippen LogP contribution in [0, 0.1) is 12.8 Å². The Bertz CT molecular complexity index is 1180. The Morgan fingerprint density at radius 3 is 2.27 bits per heavy atom. The van der Waals surface area contributed by atoms with Crippen molar-refractivity contribution >= 4 is 27.5 Å². The molecule has 0 aliphatic carbocycles. The van der Waals surface area contributed by atoms with Gasteiger partial charge in [-0.05, 0) is 42.5 Å². The van der Waals surface area contributed by atoms with Crippen LogP contribution in [0.2, 0.25) is 0 Å². The molecule has 204 valence electrons. The predicted molar refractivity (Wildman–Crippen MR) is 145 cm³/mol. The normalized spacial score (nSPS) is 12.1. The van der Waals surface area contributed by atoms with Crippen molar-refractivity contribution in [3.05, 3.63) is 53.6 Å². The summed E-state index contributed by atoms with van der Waals surface area (Å²) in [5.74, 6) is 0.188. The zero-order chi connectivity index (χ0) is 27.8. The summed E-state index contributed by atoms with van der Waals surface area (Å²) >= 11 is 0. The van der Waals surface area contributed by atoms with E-state index in [1.807, 2.05) is 52.0 Å². The number of anilines is 1. The van der Waals surface area contributed by atoms with E-state index in [9.17, 15) is 18.0 Å². The molecule has 2 amide bonds. The first-order valence-corrected chi connectivity index (χ1v) is 14.1. The molecule has 0 radical (unpaired) electrons. The van der Waals surface area contributed by atoms with Crippen molar-refractivity contribution in [1.82, 2.24) is 10.2 Å². The molecule has 37 heavy (non-hydrogen) atoms. The highest BCUT2D eigenvalue weighted by molar-refractivity contribution is 7.92. The molecule has 0 saturated heterocycles. The number of aryl methyl sites for hydroxylation is 1. The summed E-state index contributed by atoms with van der Waals surface area (Å²) in [6.07, 6.45) is 1.40. The van der Waals surface area contributed by atoms with Crippen LogP contribution < -0.4 is 19.1 Å². The number of rotatable bonds is 13. The van der Waals surface area contributed by atoms with Gasteiger partial charge in [0.15, 0.2) is 0 Å². The molecule has 9 nitrogen and oxygen atoms in total. The lowest BCUT2D eigenvalue weighted by molar-refractivity contribution is -0.140. The summed E-state index contributed by atoms with van der Waals surface area (Å²) in [6, 6.07) is 11.5. The maximum absolute atomic E-state index is 13.8. The number of carbonyl (C=O) groups is 2. The molecule has 0 bridgehead atoms. The first kappa shape index (κ1) is 30.0. The molecule has 0 spiro atoms. The first-order chi connectivity index (χ1) is 17.4. The van der Waals surface area contributed by atoms with Gasteiger partial charge >= 0.3 is 0 Å². The van der Waals surface area contributed by atoms with Crippen molar-refractivity contribution in [3.8, 4) is 11.5 Å². The summed E-state index contributed by atoms with van der Waals surface area (Å²) in [4.78, 5) is 28.4. The summed E-state index contributed by atoms with van der Waals surface area (Å²) in [5, 5.41) is 2.92. The van der Waals surface area contributed by atoms with E-state index in [1.54, 1.807) is 12.1 Å². The predicted octanol–water partition coefficient (Wildman–Crippen LogP) is 3.36. The van der Waals surface area contributed by atoms with Gasteiger partial charge in [0.05, 0.1) is 26.2 Å². The van der Waals surface area contributed by atoms with Gasteiger partial charge < -0.3 is 19.7 Å². The second-order valence-electron chi connectivity index (χ2n) is 9.32. The van der Waals surface area contributed by atoms with Crippen LogP contribution in [0.5, 0.6) is 11.5 Å². The fourth-order valence-corrected chi connectivity index (χ4v) is 4.75. The Morgan fingerprint density at radius 1 is 1.05 bits per heavy atom. The van der Waals surface area contributed by atoms with Crippen LogP contribution in [0.25, 0.3) is 0 Å². The molecule has 0 saturated carbocycles. The lowest BCUT2D eigenvalue weighted by atomic mass is 10.1. The van der Waals surface area contributed by atoms with Gasteiger partial charge in [-0.3, -0.25) is 13.9 Å². The zero-order valence-electron chi connectivity index (χ0n) is 22.8. The quantitative estimate of drug-likeness (QED) is 0.423. The molecular weight excluding hydrogens is 494 g/mol.